The van der Waals surface area contributed by atoms with Crippen LogP contribution >= 0.6 is 0 Å². The Kier molecular flexibility index (Phi) is 6.47. The van der Waals surface area contributed by atoms with Crippen LogP contribution in [0.1, 0.15) is 29.9 Å². The number of nitrogens with one attached hydrogen (secondary N) is 1. The summed E-state index contributed by atoms with van der Waals surface area (Å²) in [5.74, 6) is -0.240. The molecule has 1 aliphatic rings. The molecule has 3 rings (SSSR count). The van der Waals surface area contributed by atoms with Crippen molar-refractivity contribution in [3.8, 4) is 0 Å². The Morgan fingerprint density at radius 1 is 1.07 bits per heavy atom. The van der Waals surface area contributed by atoms with Gasteiger partial charge in [0.05, 0.1) is 6.61 Å². The van der Waals surface area contributed by atoms with E-state index in [4.69, 9.17) is 4.74 Å². The van der Waals surface area contributed by atoms with Gasteiger partial charge in [0.1, 0.15) is 5.69 Å². The Balaban J connectivity index is 1.62. The summed E-state index contributed by atoms with van der Waals surface area (Å²) in [7, 11) is 0. The minimum Gasteiger partial charge on any atom is -0.450 e. The third-order valence-electron chi connectivity index (χ3n) is 4.77. The summed E-state index contributed by atoms with van der Waals surface area (Å²) in [6.07, 6.45) is 2.33. The molecule has 28 heavy (non-hydrogen) atoms. The van der Waals surface area contributed by atoms with Crippen LogP contribution in [0.5, 0.6) is 0 Å². The van der Waals surface area contributed by atoms with Crippen LogP contribution in [0.15, 0.2) is 42.6 Å². The number of amides is 2. The first-order valence-electron chi connectivity index (χ1n) is 9.63. The number of carbonyl (C=O) groups is 2. The highest BCUT2D eigenvalue weighted by Gasteiger charge is 2.22. The fourth-order valence-electron chi connectivity index (χ4n) is 3.12. The van der Waals surface area contributed by atoms with Crippen LogP contribution in [0.4, 0.5) is 16.2 Å². The highest BCUT2D eigenvalue weighted by atomic mass is 16.6. The summed E-state index contributed by atoms with van der Waals surface area (Å²) >= 11 is 0. The summed E-state index contributed by atoms with van der Waals surface area (Å²) < 4.78 is 5.05. The van der Waals surface area contributed by atoms with Crippen molar-refractivity contribution in [1.29, 1.82) is 0 Å². The van der Waals surface area contributed by atoms with E-state index >= 15 is 0 Å². The minimum atomic E-state index is -0.272. The van der Waals surface area contributed by atoms with Crippen molar-refractivity contribution in [2.75, 3.05) is 43.0 Å². The number of hydrogen-bond acceptors (Lipinski definition) is 5. The molecule has 0 aliphatic carbocycles. The number of piperazine rings is 1. The molecule has 1 aromatic carbocycles. The van der Waals surface area contributed by atoms with Crippen molar-refractivity contribution in [2.45, 2.75) is 20.3 Å². The van der Waals surface area contributed by atoms with Gasteiger partial charge >= 0.3 is 6.09 Å². The van der Waals surface area contributed by atoms with Gasteiger partial charge in [-0.3, -0.25) is 9.78 Å². The van der Waals surface area contributed by atoms with E-state index in [0.717, 1.165) is 17.8 Å². The molecule has 0 saturated carbocycles. The van der Waals surface area contributed by atoms with E-state index in [2.05, 4.69) is 22.1 Å². The molecule has 0 atom stereocenters. The third kappa shape index (κ3) is 4.79. The zero-order valence-corrected chi connectivity index (χ0v) is 16.4. The van der Waals surface area contributed by atoms with Gasteiger partial charge in [-0.1, -0.05) is 19.1 Å². The van der Waals surface area contributed by atoms with Gasteiger partial charge in [0, 0.05) is 43.8 Å². The molecule has 1 fully saturated rings. The Hall–Kier alpha value is -3.09. The number of benzene rings is 1. The lowest BCUT2D eigenvalue weighted by atomic mass is 10.1. The molecular formula is C21H26N4O3. The molecule has 7 nitrogen and oxygen atoms in total. The van der Waals surface area contributed by atoms with Gasteiger partial charge in [-0.2, -0.15) is 0 Å². The van der Waals surface area contributed by atoms with Crippen LogP contribution in [-0.4, -0.2) is 54.7 Å². The largest absolute Gasteiger partial charge is 0.450 e. The number of carbonyl (C=O) groups excluding carboxylic acids is 2. The smallest absolute Gasteiger partial charge is 0.409 e. The highest BCUT2D eigenvalue weighted by Crippen LogP contribution is 2.18. The topological polar surface area (TPSA) is 74.8 Å². The second-order valence-corrected chi connectivity index (χ2v) is 6.58. The minimum absolute atomic E-state index is 0.240. The number of aryl methyl sites for hydroxylation is 1. The van der Waals surface area contributed by atoms with Gasteiger partial charge in [-0.25, -0.2) is 4.79 Å². The van der Waals surface area contributed by atoms with Gasteiger partial charge in [0.25, 0.3) is 5.91 Å². The number of hydrogen-bond donors (Lipinski definition) is 1. The molecule has 2 heterocycles. The Labute approximate surface area is 165 Å². The molecular weight excluding hydrogens is 356 g/mol. The lowest BCUT2D eigenvalue weighted by Crippen LogP contribution is -2.49. The summed E-state index contributed by atoms with van der Waals surface area (Å²) in [6.45, 7) is 6.82. The lowest BCUT2D eigenvalue weighted by molar-refractivity contribution is 0.102. The maximum Gasteiger partial charge on any atom is 0.409 e. The predicted molar refractivity (Wildman–Crippen MR) is 109 cm³/mol. The molecule has 2 aromatic rings. The number of nitrogens with zero attached hydrogens (tertiary/aromatic N) is 3. The second kappa shape index (κ2) is 9.21. The first-order valence-corrected chi connectivity index (χ1v) is 9.63. The fourth-order valence-corrected chi connectivity index (χ4v) is 3.12. The predicted octanol–water partition coefficient (Wildman–Crippen LogP) is 3.17. The van der Waals surface area contributed by atoms with Crippen molar-refractivity contribution in [3.63, 3.8) is 0 Å². The van der Waals surface area contributed by atoms with E-state index in [-0.39, 0.29) is 12.0 Å². The molecule has 1 saturated heterocycles. The first-order chi connectivity index (χ1) is 13.6. The Bertz CT molecular complexity index is 815. The van der Waals surface area contributed by atoms with Crippen LogP contribution in [0, 0.1) is 0 Å². The summed E-state index contributed by atoms with van der Waals surface area (Å²) in [5, 5.41) is 2.89. The van der Waals surface area contributed by atoms with E-state index in [1.807, 2.05) is 30.3 Å². The monoisotopic (exact) mass is 382 g/mol. The van der Waals surface area contributed by atoms with Crippen molar-refractivity contribution in [3.05, 3.63) is 53.9 Å². The number of anilines is 2. The summed E-state index contributed by atoms with van der Waals surface area (Å²) in [5.41, 5.74) is 3.26. The maximum absolute atomic E-state index is 12.6. The van der Waals surface area contributed by atoms with Crippen molar-refractivity contribution in [1.82, 2.24) is 9.88 Å². The van der Waals surface area contributed by atoms with E-state index in [1.165, 1.54) is 5.56 Å². The zero-order valence-electron chi connectivity index (χ0n) is 16.4. The Morgan fingerprint density at radius 2 is 1.79 bits per heavy atom. The standard InChI is InChI=1S/C21H26N4O3/c1-3-16-5-7-17(8-6-16)23-20(26)19-15-18(9-10-22-19)24-11-13-25(14-12-24)21(27)28-4-2/h5-10,15H,3-4,11-14H2,1-2H3,(H,23,26). The quantitative estimate of drug-likeness (QED) is 0.860. The lowest BCUT2D eigenvalue weighted by Gasteiger charge is -2.35. The van der Waals surface area contributed by atoms with Crippen LogP contribution in [0.3, 0.4) is 0 Å². The molecule has 1 aliphatic heterocycles. The van der Waals surface area contributed by atoms with Gasteiger partial charge < -0.3 is 19.9 Å². The van der Waals surface area contributed by atoms with E-state index < -0.39 is 0 Å². The van der Waals surface area contributed by atoms with Gasteiger partial charge in [-0.15, -0.1) is 0 Å². The second-order valence-electron chi connectivity index (χ2n) is 6.58. The van der Waals surface area contributed by atoms with Crippen LogP contribution in [0.2, 0.25) is 0 Å². The Morgan fingerprint density at radius 3 is 2.43 bits per heavy atom. The van der Waals surface area contributed by atoms with Gasteiger partial charge in [0.2, 0.25) is 0 Å². The fraction of sp³-hybridized carbons (Fsp3) is 0.381. The highest BCUT2D eigenvalue weighted by molar-refractivity contribution is 6.03. The zero-order chi connectivity index (χ0) is 19.9. The van der Waals surface area contributed by atoms with Crippen molar-refractivity contribution < 1.29 is 14.3 Å². The average molecular weight is 382 g/mol. The number of aromatic nitrogens is 1. The van der Waals surface area contributed by atoms with E-state index in [1.54, 1.807) is 24.1 Å². The average Bonchev–Trinajstić information content (AvgIpc) is 2.74. The molecule has 0 bridgehead atoms. The molecule has 0 spiro atoms. The molecule has 0 radical (unpaired) electrons. The van der Waals surface area contributed by atoms with E-state index in [9.17, 15) is 9.59 Å². The van der Waals surface area contributed by atoms with Crippen LogP contribution in [0.25, 0.3) is 0 Å². The molecule has 7 heteroatoms. The van der Waals surface area contributed by atoms with Crippen LogP contribution < -0.4 is 10.2 Å². The number of pyridine rings is 1. The normalized spacial score (nSPS) is 13.9. The summed E-state index contributed by atoms with van der Waals surface area (Å²) in [4.78, 5) is 32.4. The molecule has 0 unspecified atom stereocenters. The number of ether oxygens (including phenoxy) is 1. The van der Waals surface area contributed by atoms with Crippen molar-refractivity contribution in [2.24, 2.45) is 0 Å². The maximum atomic E-state index is 12.6. The van der Waals surface area contributed by atoms with Crippen LogP contribution in [-0.2, 0) is 11.2 Å². The summed E-state index contributed by atoms with van der Waals surface area (Å²) in [6, 6.07) is 11.5. The third-order valence-corrected chi connectivity index (χ3v) is 4.77. The van der Waals surface area contributed by atoms with Gasteiger partial charge in [0.15, 0.2) is 0 Å². The van der Waals surface area contributed by atoms with Gasteiger partial charge in [-0.05, 0) is 43.2 Å². The number of rotatable bonds is 5. The molecule has 1 N–H and O–H groups in total. The van der Waals surface area contributed by atoms with E-state index in [0.29, 0.717) is 38.5 Å². The SMILES string of the molecule is CCOC(=O)N1CCN(c2ccnc(C(=O)Nc3ccc(CC)cc3)c2)CC1. The molecule has 2 amide bonds. The first kappa shape index (κ1) is 19.7. The molecule has 1 aromatic heterocycles. The molecule has 148 valence electrons. The van der Waals surface area contributed by atoms with Crippen molar-refractivity contribution >= 4 is 23.4 Å².